The van der Waals surface area contributed by atoms with Crippen molar-refractivity contribution >= 4 is 5.97 Å². The van der Waals surface area contributed by atoms with E-state index in [1.165, 1.54) is 7.11 Å². The van der Waals surface area contributed by atoms with E-state index in [2.05, 4.69) is 19.7 Å². The fraction of sp³-hybridized carbons (Fsp3) is 0.231. The van der Waals surface area contributed by atoms with Crippen LogP contribution in [0.4, 0.5) is 0 Å². The zero-order valence-corrected chi connectivity index (χ0v) is 10.3. The molecule has 0 saturated carbocycles. The summed E-state index contributed by atoms with van der Waals surface area (Å²) in [7, 11) is 1.34. The lowest BCUT2D eigenvalue weighted by molar-refractivity contribution is -0.139. The lowest BCUT2D eigenvalue weighted by Gasteiger charge is -2.04. The first-order valence-electron chi connectivity index (χ1n) is 5.50. The standard InChI is InChI=1S/C13H13N3O2/c1-9-11(4-3-5-14-9)10-7-15-12(16-8-10)6-13(17)18-2/h3-5,7-8H,6H2,1-2H3. The summed E-state index contributed by atoms with van der Waals surface area (Å²) < 4.78 is 4.56. The lowest BCUT2D eigenvalue weighted by Crippen LogP contribution is -2.07. The maximum atomic E-state index is 11.1. The zero-order chi connectivity index (χ0) is 13.0. The Morgan fingerprint density at radius 2 is 2.00 bits per heavy atom. The molecular formula is C13H13N3O2. The monoisotopic (exact) mass is 243 g/mol. The van der Waals surface area contributed by atoms with Crippen LogP contribution in [0.5, 0.6) is 0 Å². The summed E-state index contributed by atoms with van der Waals surface area (Å²) in [5.74, 6) is 0.104. The highest BCUT2D eigenvalue weighted by Crippen LogP contribution is 2.19. The molecule has 2 heterocycles. The van der Waals surface area contributed by atoms with Gasteiger partial charge in [0.25, 0.3) is 0 Å². The van der Waals surface area contributed by atoms with E-state index in [-0.39, 0.29) is 12.4 Å². The highest BCUT2D eigenvalue weighted by atomic mass is 16.5. The number of hydrogen-bond donors (Lipinski definition) is 0. The Morgan fingerprint density at radius 3 is 2.61 bits per heavy atom. The summed E-state index contributed by atoms with van der Waals surface area (Å²) in [6.07, 6.45) is 5.21. The van der Waals surface area contributed by atoms with Crippen molar-refractivity contribution in [3.63, 3.8) is 0 Å². The van der Waals surface area contributed by atoms with Gasteiger partial charge in [0, 0.05) is 35.4 Å². The summed E-state index contributed by atoms with van der Waals surface area (Å²) >= 11 is 0. The van der Waals surface area contributed by atoms with E-state index < -0.39 is 0 Å². The maximum absolute atomic E-state index is 11.1. The van der Waals surface area contributed by atoms with Gasteiger partial charge < -0.3 is 4.74 Å². The van der Waals surface area contributed by atoms with Crippen molar-refractivity contribution in [2.75, 3.05) is 7.11 Å². The Hall–Kier alpha value is -2.30. The summed E-state index contributed by atoms with van der Waals surface area (Å²) in [6.45, 7) is 1.93. The number of methoxy groups -OCH3 is 1. The van der Waals surface area contributed by atoms with Gasteiger partial charge in [-0.2, -0.15) is 0 Å². The first kappa shape index (κ1) is 12.2. The van der Waals surface area contributed by atoms with Crippen LogP contribution in [0.2, 0.25) is 0 Å². The van der Waals surface area contributed by atoms with Crippen molar-refractivity contribution in [2.24, 2.45) is 0 Å². The number of ether oxygens (including phenoxy) is 1. The molecule has 2 aromatic rings. The van der Waals surface area contributed by atoms with Gasteiger partial charge in [-0.25, -0.2) is 9.97 Å². The molecule has 0 spiro atoms. The van der Waals surface area contributed by atoms with Gasteiger partial charge in [0.15, 0.2) is 0 Å². The summed E-state index contributed by atoms with van der Waals surface area (Å²) in [4.78, 5) is 23.6. The van der Waals surface area contributed by atoms with Crippen LogP contribution in [-0.4, -0.2) is 28.0 Å². The van der Waals surface area contributed by atoms with E-state index in [4.69, 9.17) is 0 Å². The van der Waals surface area contributed by atoms with Crippen LogP contribution in [0, 0.1) is 6.92 Å². The van der Waals surface area contributed by atoms with Crippen molar-refractivity contribution in [3.8, 4) is 11.1 Å². The van der Waals surface area contributed by atoms with Crippen LogP contribution < -0.4 is 0 Å². The van der Waals surface area contributed by atoms with Crippen molar-refractivity contribution in [1.29, 1.82) is 0 Å². The van der Waals surface area contributed by atoms with Gasteiger partial charge in [0.2, 0.25) is 0 Å². The molecule has 92 valence electrons. The van der Waals surface area contributed by atoms with Gasteiger partial charge in [-0.05, 0) is 13.0 Å². The molecule has 5 nitrogen and oxygen atoms in total. The minimum Gasteiger partial charge on any atom is -0.469 e. The molecule has 18 heavy (non-hydrogen) atoms. The van der Waals surface area contributed by atoms with Gasteiger partial charge in [0.1, 0.15) is 12.2 Å². The summed E-state index contributed by atoms with van der Waals surface area (Å²) in [5.41, 5.74) is 2.79. The molecule has 0 radical (unpaired) electrons. The zero-order valence-electron chi connectivity index (χ0n) is 10.3. The Bertz CT molecular complexity index is 552. The minimum atomic E-state index is -0.347. The first-order valence-corrected chi connectivity index (χ1v) is 5.50. The predicted molar refractivity (Wildman–Crippen MR) is 65.7 cm³/mol. The highest BCUT2D eigenvalue weighted by molar-refractivity contribution is 5.71. The van der Waals surface area contributed by atoms with Crippen LogP contribution >= 0.6 is 0 Å². The van der Waals surface area contributed by atoms with Crippen LogP contribution in [0.25, 0.3) is 11.1 Å². The smallest absolute Gasteiger partial charge is 0.313 e. The van der Waals surface area contributed by atoms with Crippen molar-refractivity contribution in [2.45, 2.75) is 13.3 Å². The number of aromatic nitrogens is 3. The van der Waals surface area contributed by atoms with Crippen molar-refractivity contribution < 1.29 is 9.53 Å². The van der Waals surface area contributed by atoms with E-state index in [1.807, 2.05) is 19.1 Å². The number of pyridine rings is 1. The number of aryl methyl sites for hydroxylation is 1. The van der Waals surface area contributed by atoms with Gasteiger partial charge in [-0.1, -0.05) is 6.07 Å². The van der Waals surface area contributed by atoms with E-state index in [9.17, 15) is 4.79 Å². The Balaban J connectivity index is 2.23. The van der Waals surface area contributed by atoms with Crippen LogP contribution in [-0.2, 0) is 16.0 Å². The van der Waals surface area contributed by atoms with E-state index in [1.54, 1.807) is 18.6 Å². The molecule has 0 aliphatic carbocycles. The van der Waals surface area contributed by atoms with E-state index in [0.29, 0.717) is 5.82 Å². The Labute approximate surface area is 105 Å². The molecule has 0 atom stereocenters. The SMILES string of the molecule is COC(=O)Cc1ncc(-c2cccnc2C)cn1. The normalized spacial score (nSPS) is 10.1. The minimum absolute atomic E-state index is 0.0861. The van der Waals surface area contributed by atoms with Gasteiger partial charge in [-0.3, -0.25) is 9.78 Å². The Kier molecular flexibility index (Phi) is 3.62. The number of rotatable bonds is 3. The molecule has 0 amide bonds. The average molecular weight is 243 g/mol. The fourth-order valence-electron chi connectivity index (χ4n) is 1.58. The first-order chi connectivity index (χ1) is 8.70. The molecule has 0 N–H and O–H groups in total. The number of esters is 1. The molecule has 0 aromatic carbocycles. The molecular weight excluding hydrogens is 230 g/mol. The maximum Gasteiger partial charge on any atom is 0.313 e. The molecule has 5 heteroatoms. The molecule has 0 fully saturated rings. The Morgan fingerprint density at radius 1 is 1.28 bits per heavy atom. The summed E-state index contributed by atoms with van der Waals surface area (Å²) in [6, 6.07) is 3.83. The van der Waals surface area contributed by atoms with Gasteiger partial charge in [0.05, 0.1) is 7.11 Å². The number of hydrogen-bond acceptors (Lipinski definition) is 5. The van der Waals surface area contributed by atoms with E-state index >= 15 is 0 Å². The average Bonchev–Trinajstić information content (AvgIpc) is 2.40. The van der Waals surface area contributed by atoms with E-state index in [0.717, 1.165) is 16.8 Å². The third-order valence-electron chi connectivity index (χ3n) is 2.55. The fourth-order valence-corrected chi connectivity index (χ4v) is 1.58. The van der Waals surface area contributed by atoms with Crippen LogP contribution in [0.3, 0.4) is 0 Å². The third-order valence-corrected chi connectivity index (χ3v) is 2.55. The number of carbonyl (C=O) groups excluding carboxylic acids is 1. The number of carbonyl (C=O) groups is 1. The quantitative estimate of drug-likeness (QED) is 0.765. The molecule has 0 saturated heterocycles. The van der Waals surface area contributed by atoms with Crippen molar-refractivity contribution in [3.05, 3.63) is 42.2 Å². The summed E-state index contributed by atoms with van der Waals surface area (Å²) in [5, 5.41) is 0. The second-order valence-corrected chi connectivity index (χ2v) is 3.78. The second-order valence-electron chi connectivity index (χ2n) is 3.78. The number of nitrogens with zero attached hydrogens (tertiary/aromatic N) is 3. The lowest BCUT2D eigenvalue weighted by atomic mass is 10.1. The molecule has 0 bridgehead atoms. The van der Waals surface area contributed by atoms with Gasteiger partial charge >= 0.3 is 5.97 Å². The predicted octanol–water partition coefficient (Wildman–Crippen LogP) is 1.56. The molecule has 0 aliphatic rings. The molecule has 0 aliphatic heterocycles. The topological polar surface area (TPSA) is 65.0 Å². The second kappa shape index (κ2) is 5.35. The van der Waals surface area contributed by atoms with Crippen LogP contribution in [0.1, 0.15) is 11.5 Å². The third kappa shape index (κ3) is 2.68. The highest BCUT2D eigenvalue weighted by Gasteiger charge is 2.07. The molecule has 2 rings (SSSR count). The van der Waals surface area contributed by atoms with Crippen LogP contribution in [0.15, 0.2) is 30.7 Å². The molecule has 2 aromatic heterocycles. The molecule has 0 unspecified atom stereocenters. The largest absolute Gasteiger partial charge is 0.469 e. The van der Waals surface area contributed by atoms with Gasteiger partial charge in [-0.15, -0.1) is 0 Å². The van der Waals surface area contributed by atoms with Crippen molar-refractivity contribution in [1.82, 2.24) is 15.0 Å².